The maximum atomic E-state index is 12.9. The molecule has 0 aliphatic carbocycles. The van der Waals surface area contributed by atoms with Crippen molar-refractivity contribution in [1.29, 1.82) is 0 Å². The summed E-state index contributed by atoms with van der Waals surface area (Å²) in [5.74, 6) is -0.849. The molecule has 0 aliphatic rings. The van der Waals surface area contributed by atoms with Crippen LogP contribution in [0.3, 0.4) is 0 Å². The van der Waals surface area contributed by atoms with Crippen LogP contribution < -0.4 is 0 Å². The topological polar surface area (TPSA) is 78.9 Å². The van der Waals surface area contributed by atoms with E-state index in [0.717, 1.165) is 64.2 Å². The van der Waals surface area contributed by atoms with E-state index in [-0.39, 0.29) is 31.1 Å². The van der Waals surface area contributed by atoms with E-state index < -0.39 is 6.10 Å². The maximum absolute atomic E-state index is 12.9. The Bertz CT molecular complexity index is 1090. The minimum absolute atomic E-state index is 0.0672. The molecule has 0 rings (SSSR count). The van der Waals surface area contributed by atoms with Crippen molar-refractivity contribution < 1.29 is 28.6 Å². The van der Waals surface area contributed by atoms with Gasteiger partial charge in [0.2, 0.25) is 0 Å². The summed E-state index contributed by atoms with van der Waals surface area (Å²) in [6, 6.07) is 0. The van der Waals surface area contributed by atoms with Crippen LogP contribution >= 0.6 is 0 Å². The molecule has 0 radical (unpaired) electrons. The predicted molar refractivity (Wildman–Crippen MR) is 303 cm³/mol. The lowest BCUT2D eigenvalue weighted by Gasteiger charge is -2.18. The highest BCUT2D eigenvalue weighted by molar-refractivity contribution is 5.71. The van der Waals surface area contributed by atoms with Crippen LogP contribution in [0.2, 0.25) is 0 Å². The van der Waals surface area contributed by atoms with Crippen LogP contribution in [0.4, 0.5) is 0 Å². The van der Waals surface area contributed by atoms with Gasteiger partial charge in [-0.2, -0.15) is 0 Å². The van der Waals surface area contributed by atoms with E-state index in [2.05, 4.69) is 32.9 Å². The minimum Gasteiger partial charge on any atom is -0.462 e. The summed E-state index contributed by atoms with van der Waals surface area (Å²) >= 11 is 0. The Balaban J connectivity index is 4.18. The van der Waals surface area contributed by atoms with E-state index in [1.807, 2.05) is 0 Å². The van der Waals surface area contributed by atoms with Crippen molar-refractivity contribution in [2.45, 2.75) is 367 Å². The van der Waals surface area contributed by atoms with Gasteiger partial charge in [-0.05, 0) is 44.9 Å². The molecule has 6 nitrogen and oxygen atoms in total. The average Bonchev–Trinajstić information content (AvgIpc) is 3.36. The van der Waals surface area contributed by atoms with E-state index in [9.17, 15) is 14.4 Å². The zero-order valence-electron chi connectivity index (χ0n) is 47.6. The second kappa shape index (κ2) is 59.7. The van der Waals surface area contributed by atoms with Gasteiger partial charge < -0.3 is 14.2 Å². The Kier molecular flexibility index (Phi) is 58.1. The quantitative estimate of drug-likeness (QED) is 0.0261. The van der Waals surface area contributed by atoms with Gasteiger partial charge in [0.25, 0.3) is 0 Å². The van der Waals surface area contributed by atoms with E-state index in [4.69, 9.17) is 14.2 Å². The van der Waals surface area contributed by atoms with Crippen molar-refractivity contribution in [3.05, 3.63) is 12.2 Å². The molecule has 0 aromatic rings. The van der Waals surface area contributed by atoms with Crippen LogP contribution in [-0.2, 0) is 28.6 Å². The molecule has 1 unspecified atom stereocenters. The molecule has 0 aromatic heterocycles. The molecule has 0 saturated heterocycles. The van der Waals surface area contributed by atoms with Gasteiger partial charge in [-0.25, -0.2) is 0 Å². The van der Waals surface area contributed by atoms with Gasteiger partial charge in [0, 0.05) is 19.3 Å². The molecule has 70 heavy (non-hydrogen) atoms. The molecule has 6 heteroatoms. The lowest BCUT2D eigenvalue weighted by atomic mass is 10.0. The van der Waals surface area contributed by atoms with Crippen molar-refractivity contribution in [2.75, 3.05) is 13.2 Å². The van der Waals surface area contributed by atoms with Crippen LogP contribution in [0.5, 0.6) is 0 Å². The Morgan fingerprint density at radius 2 is 0.471 bits per heavy atom. The molecular formula is C64H122O6. The highest BCUT2D eigenvalue weighted by atomic mass is 16.6. The summed E-state index contributed by atoms with van der Waals surface area (Å²) in [7, 11) is 0. The first-order valence-electron chi connectivity index (χ1n) is 31.7. The monoisotopic (exact) mass is 987 g/mol. The molecule has 0 amide bonds. The van der Waals surface area contributed by atoms with Crippen molar-refractivity contribution in [2.24, 2.45) is 0 Å². The van der Waals surface area contributed by atoms with Gasteiger partial charge in [-0.3, -0.25) is 14.4 Å². The molecule has 414 valence electrons. The van der Waals surface area contributed by atoms with Crippen molar-refractivity contribution in [1.82, 2.24) is 0 Å². The third-order valence-electron chi connectivity index (χ3n) is 14.5. The van der Waals surface area contributed by atoms with Crippen molar-refractivity contribution in [3.63, 3.8) is 0 Å². The molecule has 0 saturated carbocycles. The fraction of sp³-hybridized carbons (Fsp3) is 0.922. The second-order valence-electron chi connectivity index (χ2n) is 21.7. The van der Waals surface area contributed by atoms with E-state index in [1.165, 1.54) is 257 Å². The number of esters is 3. The lowest BCUT2D eigenvalue weighted by molar-refractivity contribution is -0.167. The normalized spacial score (nSPS) is 12.0. The van der Waals surface area contributed by atoms with Crippen LogP contribution in [0, 0.1) is 0 Å². The predicted octanol–water partition coefficient (Wildman–Crippen LogP) is 21.3. The molecule has 0 N–H and O–H groups in total. The SMILES string of the molecule is CCCCCCC/C=C\CCCCCCCC(=O)OC(COC(=O)CCCCCCCCCCCCCCC)COC(=O)CCCCCCCCCCCCCCCCCCCCCCCCCCC. The number of carbonyl (C=O) groups excluding carboxylic acids is 3. The summed E-state index contributed by atoms with van der Waals surface area (Å²) in [6.07, 6.45) is 69.4. The van der Waals surface area contributed by atoms with Crippen LogP contribution in [0.15, 0.2) is 12.2 Å². The van der Waals surface area contributed by atoms with Crippen molar-refractivity contribution >= 4 is 17.9 Å². The van der Waals surface area contributed by atoms with Gasteiger partial charge in [0.15, 0.2) is 6.10 Å². The third-order valence-corrected chi connectivity index (χ3v) is 14.5. The Hall–Kier alpha value is -1.85. The Morgan fingerprint density at radius 1 is 0.271 bits per heavy atom. The van der Waals surface area contributed by atoms with E-state index in [1.54, 1.807) is 0 Å². The smallest absolute Gasteiger partial charge is 0.306 e. The first-order chi connectivity index (χ1) is 34.5. The number of rotatable bonds is 59. The molecule has 1 atom stereocenters. The molecule has 0 fully saturated rings. The van der Waals surface area contributed by atoms with Gasteiger partial charge >= 0.3 is 17.9 Å². The number of allylic oxidation sites excluding steroid dienone is 2. The number of carbonyl (C=O) groups is 3. The molecule has 0 heterocycles. The Morgan fingerprint density at radius 3 is 0.714 bits per heavy atom. The van der Waals surface area contributed by atoms with E-state index >= 15 is 0 Å². The van der Waals surface area contributed by atoms with Crippen LogP contribution in [-0.4, -0.2) is 37.2 Å². The summed E-state index contributed by atoms with van der Waals surface area (Å²) in [5.41, 5.74) is 0. The number of ether oxygens (including phenoxy) is 3. The van der Waals surface area contributed by atoms with Gasteiger partial charge in [-0.1, -0.05) is 309 Å². The van der Waals surface area contributed by atoms with Crippen LogP contribution in [0.1, 0.15) is 361 Å². The maximum Gasteiger partial charge on any atom is 0.306 e. The van der Waals surface area contributed by atoms with Crippen LogP contribution in [0.25, 0.3) is 0 Å². The first kappa shape index (κ1) is 68.2. The number of hydrogen-bond donors (Lipinski definition) is 0. The summed E-state index contributed by atoms with van der Waals surface area (Å²) in [4.78, 5) is 38.2. The Labute approximate surface area is 437 Å². The molecule has 0 bridgehead atoms. The zero-order chi connectivity index (χ0) is 50.7. The molecule has 0 aliphatic heterocycles. The third kappa shape index (κ3) is 57.1. The highest BCUT2D eigenvalue weighted by Crippen LogP contribution is 2.18. The van der Waals surface area contributed by atoms with E-state index in [0.29, 0.717) is 19.3 Å². The average molecular weight is 988 g/mol. The molecule has 0 aromatic carbocycles. The molecular weight excluding hydrogens is 865 g/mol. The fourth-order valence-electron chi connectivity index (χ4n) is 9.74. The standard InChI is InChI=1S/C64H122O6/c1-4-7-10-13-16-19-22-25-27-28-29-30-31-32-33-34-35-36-37-40-42-45-48-51-54-57-63(66)69-60-61(59-68-62(65)56-53-50-47-44-41-38-24-21-18-15-12-9-6-3)70-64(67)58-55-52-49-46-43-39-26-23-20-17-14-11-8-5-2/h23,26,61H,4-22,24-25,27-60H2,1-3H3/b26-23-. The van der Waals surface area contributed by atoms with Gasteiger partial charge in [0.1, 0.15) is 13.2 Å². The number of unbranched alkanes of at least 4 members (excludes halogenated alkanes) is 46. The largest absolute Gasteiger partial charge is 0.462 e. The number of hydrogen-bond acceptors (Lipinski definition) is 6. The molecule has 0 spiro atoms. The zero-order valence-corrected chi connectivity index (χ0v) is 47.6. The second-order valence-corrected chi connectivity index (χ2v) is 21.7. The summed E-state index contributed by atoms with van der Waals surface area (Å²) in [5, 5.41) is 0. The highest BCUT2D eigenvalue weighted by Gasteiger charge is 2.19. The minimum atomic E-state index is -0.769. The summed E-state index contributed by atoms with van der Waals surface area (Å²) in [6.45, 7) is 6.69. The van der Waals surface area contributed by atoms with Gasteiger partial charge in [0.05, 0.1) is 0 Å². The van der Waals surface area contributed by atoms with Gasteiger partial charge in [-0.15, -0.1) is 0 Å². The van der Waals surface area contributed by atoms with Crippen molar-refractivity contribution in [3.8, 4) is 0 Å². The summed E-state index contributed by atoms with van der Waals surface area (Å²) < 4.78 is 16.9. The fourth-order valence-corrected chi connectivity index (χ4v) is 9.74. The lowest BCUT2D eigenvalue weighted by Crippen LogP contribution is -2.30. The first-order valence-corrected chi connectivity index (χ1v) is 31.7.